The minimum Gasteiger partial charge on any atom is -0.464 e. The Bertz CT molecular complexity index is 656. The monoisotopic (exact) mass is 375 g/mol. The van der Waals surface area contributed by atoms with Crippen molar-refractivity contribution in [3.8, 4) is 0 Å². The molecule has 1 aliphatic rings. The summed E-state index contributed by atoms with van der Waals surface area (Å²) in [6.45, 7) is 1.97. The minimum atomic E-state index is -4.60. The van der Waals surface area contributed by atoms with Crippen LogP contribution in [0, 0.1) is 0 Å². The molecule has 2 rings (SSSR count). The number of hydrogen-bond acceptors (Lipinski definition) is 5. The Hall–Kier alpha value is -2.13. The summed E-state index contributed by atoms with van der Waals surface area (Å²) >= 11 is 0. The van der Waals surface area contributed by atoms with E-state index in [0.717, 1.165) is 12.1 Å². The number of halogens is 3. The van der Waals surface area contributed by atoms with Crippen molar-refractivity contribution in [1.29, 1.82) is 0 Å². The van der Waals surface area contributed by atoms with Gasteiger partial charge in [0.2, 0.25) is 0 Å². The number of aliphatic hydroxyl groups excluding tert-OH is 1. The van der Waals surface area contributed by atoms with Gasteiger partial charge in [0.1, 0.15) is 0 Å². The lowest BCUT2D eigenvalue weighted by Gasteiger charge is -2.35. The number of carbonyl (C=O) groups is 2. The number of ether oxygens (including phenoxy) is 2. The maximum Gasteiger partial charge on any atom is 0.416 e. The fraction of sp³-hybridized carbons (Fsp3) is 0.529. The number of aliphatic hydroxyl groups is 1. The molecule has 9 heteroatoms. The highest BCUT2D eigenvalue weighted by atomic mass is 19.4. The second kappa shape index (κ2) is 8.05. The summed E-state index contributed by atoms with van der Waals surface area (Å²) in [5.74, 6) is -1.70. The van der Waals surface area contributed by atoms with Crippen molar-refractivity contribution in [1.82, 2.24) is 5.32 Å². The summed E-state index contributed by atoms with van der Waals surface area (Å²) in [7, 11) is 0. The molecular weight excluding hydrogens is 355 g/mol. The molecule has 0 radical (unpaired) electrons. The van der Waals surface area contributed by atoms with E-state index in [9.17, 15) is 27.9 Å². The van der Waals surface area contributed by atoms with Crippen molar-refractivity contribution in [3.63, 3.8) is 0 Å². The van der Waals surface area contributed by atoms with Crippen LogP contribution in [-0.2, 0) is 25.2 Å². The van der Waals surface area contributed by atoms with Crippen LogP contribution in [0.15, 0.2) is 24.3 Å². The SMILES string of the molecule is CCOC(=O)C1(NC(=O)C(O)c2cccc(C(F)(F)F)c2)CCCOC1. The number of esters is 1. The maximum absolute atomic E-state index is 12.8. The largest absolute Gasteiger partial charge is 0.464 e. The molecule has 1 heterocycles. The second-order valence-corrected chi connectivity index (χ2v) is 5.97. The Labute approximate surface area is 148 Å². The van der Waals surface area contributed by atoms with Gasteiger partial charge in [-0.3, -0.25) is 4.79 Å². The summed E-state index contributed by atoms with van der Waals surface area (Å²) < 4.78 is 48.6. The van der Waals surface area contributed by atoms with E-state index in [1.807, 2.05) is 0 Å². The van der Waals surface area contributed by atoms with Crippen LogP contribution in [0.4, 0.5) is 13.2 Å². The van der Waals surface area contributed by atoms with Crippen LogP contribution in [0.25, 0.3) is 0 Å². The average Bonchev–Trinajstić information content (AvgIpc) is 2.61. The number of amides is 1. The molecule has 26 heavy (non-hydrogen) atoms. The third-order valence-corrected chi connectivity index (χ3v) is 4.05. The number of hydrogen-bond donors (Lipinski definition) is 2. The van der Waals surface area contributed by atoms with Gasteiger partial charge in [0.15, 0.2) is 11.6 Å². The fourth-order valence-electron chi connectivity index (χ4n) is 2.72. The molecule has 0 aromatic heterocycles. The van der Waals surface area contributed by atoms with Crippen LogP contribution in [-0.4, -0.2) is 42.3 Å². The van der Waals surface area contributed by atoms with Crippen LogP contribution in [0.2, 0.25) is 0 Å². The average molecular weight is 375 g/mol. The molecule has 144 valence electrons. The van der Waals surface area contributed by atoms with Crippen molar-refractivity contribution < 1.29 is 37.3 Å². The zero-order valence-corrected chi connectivity index (χ0v) is 14.1. The Kier molecular flexibility index (Phi) is 6.25. The van der Waals surface area contributed by atoms with Gasteiger partial charge >= 0.3 is 12.1 Å². The smallest absolute Gasteiger partial charge is 0.416 e. The van der Waals surface area contributed by atoms with Crippen LogP contribution < -0.4 is 5.32 Å². The van der Waals surface area contributed by atoms with Gasteiger partial charge in [-0.25, -0.2) is 4.79 Å². The molecule has 0 bridgehead atoms. The van der Waals surface area contributed by atoms with Gasteiger partial charge in [0.25, 0.3) is 5.91 Å². The van der Waals surface area contributed by atoms with Crippen molar-refractivity contribution in [2.75, 3.05) is 19.8 Å². The fourth-order valence-corrected chi connectivity index (χ4v) is 2.72. The third-order valence-electron chi connectivity index (χ3n) is 4.05. The first-order valence-corrected chi connectivity index (χ1v) is 8.12. The Morgan fingerprint density at radius 3 is 2.73 bits per heavy atom. The Balaban J connectivity index is 2.20. The predicted molar refractivity (Wildman–Crippen MR) is 84.0 cm³/mol. The van der Waals surface area contributed by atoms with Gasteiger partial charge in [-0.2, -0.15) is 13.2 Å². The lowest BCUT2D eigenvalue weighted by atomic mass is 9.91. The van der Waals surface area contributed by atoms with Crippen LogP contribution in [0.3, 0.4) is 0 Å². The van der Waals surface area contributed by atoms with Gasteiger partial charge in [-0.1, -0.05) is 12.1 Å². The van der Waals surface area contributed by atoms with Crippen LogP contribution in [0.1, 0.15) is 37.0 Å². The highest BCUT2D eigenvalue weighted by Crippen LogP contribution is 2.31. The Morgan fingerprint density at radius 1 is 1.42 bits per heavy atom. The van der Waals surface area contributed by atoms with E-state index in [1.54, 1.807) is 6.92 Å². The predicted octanol–water partition coefficient (Wildman–Crippen LogP) is 1.97. The highest BCUT2D eigenvalue weighted by Gasteiger charge is 2.44. The lowest BCUT2D eigenvalue weighted by molar-refractivity contribution is -0.161. The normalized spacial score (nSPS) is 21.7. The Morgan fingerprint density at radius 2 is 2.15 bits per heavy atom. The molecule has 1 aromatic carbocycles. The van der Waals surface area contributed by atoms with Crippen molar-refractivity contribution >= 4 is 11.9 Å². The van der Waals surface area contributed by atoms with Gasteiger partial charge in [-0.15, -0.1) is 0 Å². The summed E-state index contributed by atoms with van der Waals surface area (Å²) in [5, 5.41) is 12.6. The minimum absolute atomic E-state index is 0.0899. The van der Waals surface area contributed by atoms with Gasteiger partial charge in [-0.05, 0) is 37.5 Å². The molecule has 0 aliphatic carbocycles. The first kappa shape index (κ1) is 20.2. The number of alkyl halides is 3. The molecule has 2 unspecified atom stereocenters. The molecule has 2 atom stereocenters. The third kappa shape index (κ3) is 4.53. The maximum atomic E-state index is 12.8. The molecule has 1 saturated heterocycles. The number of nitrogens with one attached hydrogen (secondary N) is 1. The van der Waals surface area contributed by atoms with Crippen molar-refractivity contribution in [2.24, 2.45) is 0 Å². The zero-order valence-electron chi connectivity index (χ0n) is 14.1. The summed E-state index contributed by atoms with van der Waals surface area (Å²) in [4.78, 5) is 24.6. The van der Waals surface area contributed by atoms with E-state index in [4.69, 9.17) is 9.47 Å². The van der Waals surface area contributed by atoms with E-state index in [2.05, 4.69) is 5.32 Å². The lowest BCUT2D eigenvalue weighted by Crippen LogP contribution is -2.60. The molecule has 2 N–H and O–H groups in total. The standard InChI is InChI=1S/C17H20F3NO5/c1-2-26-15(24)16(7-4-8-25-10-16)21-14(23)13(22)11-5-3-6-12(9-11)17(18,19)20/h3,5-6,9,13,22H,2,4,7-8,10H2,1H3,(H,21,23). The first-order chi connectivity index (χ1) is 12.2. The topological polar surface area (TPSA) is 84.9 Å². The zero-order chi connectivity index (χ0) is 19.4. The van der Waals surface area contributed by atoms with E-state index >= 15 is 0 Å². The molecule has 6 nitrogen and oxygen atoms in total. The van der Waals surface area contributed by atoms with Crippen molar-refractivity contribution in [3.05, 3.63) is 35.4 Å². The molecule has 0 saturated carbocycles. The molecule has 1 fully saturated rings. The number of rotatable bonds is 5. The van der Waals surface area contributed by atoms with Gasteiger partial charge in [0, 0.05) is 6.61 Å². The summed E-state index contributed by atoms with van der Waals surface area (Å²) in [6, 6.07) is 3.83. The van der Waals surface area contributed by atoms with Crippen LogP contribution >= 0.6 is 0 Å². The molecule has 1 amide bonds. The van der Waals surface area contributed by atoms with E-state index in [1.165, 1.54) is 6.07 Å². The van der Waals surface area contributed by atoms with Gasteiger partial charge < -0.3 is 19.9 Å². The van der Waals surface area contributed by atoms with E-state index < -0.39 is 35.3 Å². The quantitative estimate of drug-likeness (QED) is 0.769. The summed E-state index contributed by atoms with van der Waals surface area (Å²) in [5.41, 5.74) is -2.68. The summed E-state index contributed by atoms with van der Waals surface area (Å²) in [6.07, 6.45) is -5.74. The molecule has 1 aliphatic heterocycles. The first-order valence-electron chi connectivity index (χ1n) is 8.12. The number of carbonyl (C=O) groups excluding carboxylic acids is 2. The highest BCUT2D eigenvalue weighted by molar-refractivity contribution is 5.90. The van der Waals surface area contributed by atoms with E-state index in [-0.39, 0.29) is 25.2 Å². The second-order valence-electron chi connectivity index (χ2n) is 5.97. The van der Waals surface area contributed by atoms with Crippen LogP contribution in [0.5, 0.6) is 0 Å². The molecule has 1 aromatic rings. The number of benzene rings is 1. The van der Waals surface area contributed by atoms with Gasteiger partial charge in [0.05, 0.1) is 18.8 Å². The van der Waals surface area contributed by atoms with E-state index in [0.29, 0.717) is 19.1 Å². The molecule has 0 spiro atoms. The van der Waals surface area contributed by atoms with Crippen molar-refractivity contribution in [2.45, 2.75) is 37.6 Å². The molecular formula is C17H20F3NO5.